The van der Waals surface area contributed by atoms with Gasteiger partial charge in [-0.3, -0.25) is 0 Å². The summed E-state index contributed by atoms with van der Waals surface area (Å²) in [5.41, 5.74) is 0. The van der Waals surface area contributed by atoms with E-state index in [1.54, 1.807) is 0 Å². The Labute approximate surface area is 116 Å². The summed E-state index contributed by atoms with van der Waals surface area (Å²) >= 11 is -18.1. The van der Waals surface area contributed by atoms with Crippen molar-refractivity contribution in [2.45, 2.75) is 0 Å². The molecule has 0 aromatic heterocycles. The zero-order valence-corrected chi connectivity index (χ0v) is 16.5. The summed E-state index contributed by atoms with van der Waals surface area (Å²) in [5.74, 6) is 0. The average molecular weight is 759 g/mol. The molecule has 16 heavy (non-hydrogen) atoms. The predicted octanol–water partition coefficient (Wildman–Crippen LogP) is -8.99. The summed E-state index contributed by atoms with van der Waals surface area (Å²) in [6.45, 7) is 0. The normalized spacial score (nSPS) is 10.9. The molecule has 16 heteroatoms. The number of hydrogen-bond donors (Lipinski definition) is 0. The maximum absolute atomic E-state index is 8.63. The topological polar surface area (TPSA) is 241 Å². The maximum Gasteiger partial charge on any atom is 0 e. The zero-order chi connectivity index (χ0) is 13.5. The summed E-state index contributed by atoms with van der Waals surface area (Å²) in [4.78, 5) is 0. The predicted molar refractivity (Wildman–Crippen MR) is 21.4 cm³/mol. The van der Waals surface area contributed by atoms with E-state index in [1.165, 1.54) is 0 Å². The van der Waals surface area contributed by atoms with Crippen molar-refractivity contribution in [1.82, 2.24) is 0 Å². The van der Waals surface area contributed by atoms with Crippen molar-refractivity contribution in [2.75, 3.05) is 0 Å². The second-order valence-electron chi connectivity index (χ2n) is 1.22. The summed E-state index contributed by atoms with van der Waals surface area (Å²) in [6, 6.07) is 0. The van der Waals surface area contributed by atoms with Crippen molar-refractivity contribution in [1.29, 1.82) is 0 Å². The standard InChI is InChI=1S/3H2O4Te.W/c3*1-5(2,3)4;/h3*(H2,1,2,3,4);/p-6. The first kappa shape index (κ1) is 26.2. The van der Waals surface area contributed by atoms with Crippen LogP contribution in [0.3, 0.4) is 0 Å². The molecule has 0 radical (unpaired) electrons. The van der Waals surface area contributed by atoms with E-state index in [0.717, 1.165) is 0 Å². The number of hydrogen-bond acceptors (Lipinski definition) is 12. The van der Waals surface area contributed by atoms with Crippen molar-refractivity contribution >= 4 is 56.9 Å². The first-order chi connectivity index (χ1) is 6.00. The van der Waals surface area contributed by atoms with E-state index in [1.807, 2.05) is 0 Å². The Balaban J connectivity index is -0.0000000655. The van der Waals surface area contributed by atoms with Gasteiger partial charge in [0.2, 0.25) is 0 Å². The summed E-state index contributed by atoms with van der Waals surface area (Å²) < 4.78 is 104. The van der Waals surface area contributed by atoms with E-state index in [0.29, 0.717) is 0 Å². The van der Waals surface area contributed by atoms with Crippen LogP contribution in [0.4, 0.5) is 0 Å². The molecule has 0 aromatic rings. The van der Waals surface area contributed by atoms with E-state index in [2.05, 4.69) is 0 Å². The SMILES string of the molecule is O=[Te](=O)([O-])[O-].O=[Te](=O)([O-])[O-].O=[Te](=O)([O-])[O-].[W]. The molecule has 0 aromatic carbocycles. The van der Waals surface area contributed by atoms with Gasteiger partial charge in [0.1, 0.15) is 0 Å². The summed E-state index contributed by atoms with van der Waals surface area (Å²) in [5, 5.41) is 0. The van der Waals surface area contributed by atoms with E-state index in [4.69, 9.17) is 39.5 Å². The van der Waals surface area contributed by atoms with Crippen LogP contribution in [0.1, 0.15) is 0 Å². The molecule has 0 unspecified atom stereocenters. The van der Waals surface area contributed by atoms with Crippen LogP contribution in [0.15, 0.2) is 0 Å². The van der Waals surface area contributed by atoms with E-state index >= 15 is 0 Å². The summed E-state index contributed by atoms with van der Waals surface area (Å²) in [7, 11) is 0. The van der Waals surface area contributed by atoms with Crippen molar-refractivity contribution in [3.63, 3.8) is 0 Å². The molecule has 0 fully saturated rings. The third-order valence-electron chi connectivity index (χ3n) is 0. The minimum atomic E-state index is -6.02. The molecule has 0 spiro atoms. The molecule has 0 atom stereocenters. The van der Waals surface area contributed by atoms with E-state index in [9.17, 15) is 0 Å². The fraction of sp³-hybridized carbons (Fsp3) is 0. The fourth-order valence-corrected chi connectivity index (χ4v) is 0. The molecular formula is O12Te3W-6. The van der Waals surface area contributed by atoms with Crippen molar-refractivity contribution in [2.24, 2.45) is 0 Å². The van der Waals surface area contributed by atoms with Crippen molar-refractivity contribution < 1.29 is 60.5 Å². The van der Waals surface area contributed by atoms with E-state index in [-0.39, 0.29) is 21.1 Å². The van der Waals surface area contributed by atoms with Gasteiger partial charge in [-0.2, -0.15) is 0 Å². The molecule has 0 bridgehead atoms. The van der Waals surface area contributed by atoms with Gasteiger partial charge in [-0.15, -0.1) is 0 Å². The molecule has 0 N–H and O–H groups in total. The van der Waals surface area contributed by atoms with Crippen LogP contribution >= 0.6 is 0 Å². The van der Waals surface area contributed by atoms with E-state index < -0.39 is 56.9 Å². The Morgan fingerprint density at radius 1 is 0.438 bits per heavy atom. The van der Waals surface area contributed by atoms with Crippen LogP contribution in [-0.2, 0) is 39.7 Å². The van der Waals surface area contributed by atoms with Gasteiger partial charge in [0.05, 0.1) is 0 Å². The molecular weight excluding hydrogens is 759 g/mol. The van der Waals surface area contributed by atoms with Gasteiger partial charge in [0.15, 0.2) is 0 Å². The van der Waals surface area contributed by atoms with Crippen LogP contribution in [0.5, 0.6) is 0 Å². The first-order valence-electron chi connectivity index (χ1n) is 2.00. The molecule has 0 rings (SSSR count). The molecule has 0 saturated carbocycles. The second kappa shape index (κ2) is 10.5. The molecule has 12 nitrogen and oxygen atoms in total. The molecule has 0 aliphatic rings. The van der Waals surface area contributed by atoms with Gasteiger partial charge < -0.3 is 0 Å². The van der Waals surface area contributed by atoms with Crippen molar-refractivity contribution in [3.05, 3.63) is 0 Å². The monoisotopic (exact) mass is 766 g/mol. The maximum atomic E-state index is 8.63. The Hall–Kier alpha value is 1.62. The summed E-state index contributed by atoms with van der Waals surface area (Å²) in [6.07, 6.45) is 0. The van der Waals surface area contributed by atoms with Gasteiger partial charge in [0, 0.05) is 21.1 Å². The van der Waals surface area contributed by atoms with Crippen LogP contribution < -0.4 is 20.8 Å². The fourth-order valence-electron chi connectivity index (χ4n) is 0. The van der Waals surface area contributed by atoms with Crippen LogP contribution in [0, 0.1) is 0 Å². The quantitative estimate of drug-likeness (QED) is 0.209. The Morgan fingerprint density at radius 2 is 0.438 bits per heavy atom. The van der Waals surface area contributed by atoms with Gasteiger partial charge in [-0.25, -0.2) is 0 Å². The van der Waals surface area contributed by atoms with Gasteiger partial charge in [-0.1, -0.05) is 0 Å². The largest absolute Gasteiger partial charge is 0 e. The molecule has 102 valence electrons. The third-order valence-corrected chi connectivity index (χ3v) is 0. The molecule has 0 amide bonds. The minimum absolute atomic E-state index is 0. The zero-order valence-electron chi connectivity index (χ0n) is 6.53. The second-order valence-corrected chi connectivity index (χ2v) is 8.22. The first-order valence-corrected chi connectivity index (χ1v) is 13.4. The van der Waals surface area contributed by atoms with Gasteiger partial charge >= 0.3 is 96.4 Å². The Morgan fingerprint density at radius 3 is 0.438 bits per heavy atom. The van der Waals surface area contributed by atoms with Gasteiger partial charge in [0.25, 0.3) is 0 Å². The smallest absolute Gasteiger partial charge is 0 e. The Bertz CT molecular complexity index is 337. The van der Waals surface area contributed by atoms with Crippen LogP contribution in [0.25, 0.3) is 0 Å². The average Bonchev–Trinajstić information content (AvgIpc) is 1.41. The molecule has 0 saturated heterocycles. The molecule has 0 aliphatic heterocycles. The minimum Gasteiger partial charge on any atom is 0 e. The number of rotatable bonds is 0. The van der Waals surface area contributed by atoms with Crippen molar-refractivity contribution in [3.8, 4) is 0 Å². The third kappa shape index (κ3) is 1280. The van der Waals surface area contributed by atoms with Gasteiger partial charge in [-0.05, 0) is 0 Å². The molecule has 0 aliphatic carbocycles. The van der Waals surface area contributed by atoms with Crippen LogP contribution in [-0.4, -0.2) is 56.9 Å². The Kier molecular flexibility index (Phi) is 17.3. The molecule has 0 heterocycles. The van der Waals surface area contributed by atoms with Crippen LogP contribution in [0.2, 0.25) is 0 Å².